The molecule has 0 radical (unpaired) electrons. The Bertz CT molecular complexity index is 919. The molecule has 3 aromatic rings. The lowest BCUT2D eigenvalue weighted by molar-refractivity contribution is 0.0529. The number of aliphatic hydroxyl groups is 2. The maximum absolute atomic E-state index is 9.60. The van der Waals surface area contributed by atoms with Crippen LogP contribution in [0.25, 0.3) is 11.0 Å². The number of fused-ring (bicyclic) bond motifs is 1. The van der Waals surface area contributed by atoms with Crippen molar-refractivity contribution in [3.8, 4) is 17.2 Å². The lowest BCUT2D eigenvalue weighted by atomic mass is 10.2. The number of para-hydroxylation sites is 2. The second-order valence-corrected chi connectivity index (χ2v) is 5.72. The van der Waals surface area contributed by atoms with E-state index >= 15 is 0 Å². The largest absolute Gasteiger partial charge is 0.497 e. The van der Waals surface area contributed by atoms with Gasteiger partial charge in [0.25, 0.3) is 0 Å². The van der Waals surface area contributed by atoms with Crippen molar-refractivity contribution in [1.29, 1.82) is 0 Å². The van der Waals surface area contributed by atoms with Gasteiger partial charge in [-0.15, -0.1) is 0 Å². The van der Waals surface area contributed by atoms with E-state index in [-0.39, 0.29) is 6.61 Å². The third-order valence-corrected chi connectivity index (χ3v) is 3.83. The summed E-state index contributed by atoms with van der Waals surface area (Å²) < 4.78 is 16.4. The minimum absolute atomic E-state index is 0.0999. The van der Waals surface area contributed by atoms with Crippen molar-refractivity contribution in [2.24, 2.45) is 0 Å². The summed E-state index contributed by atoms with van der Waals surface area (Å²) in [5.74, 6) is 1.84. The van der Waals surface area contributed by atoms with Crippen molar-refractivity contribution in [3.05, 3.63) is 42.6 Å². The molecule has 3 N–H and O–H groups in total. The molecule has 1 aromatic heterocycles. The number of hydrogen-bond donors (Lipinski definition) is 3. The maximum Gasteiger partial charge on any atom is 0.185 e. The Morgan fingerprint density at radius 2 is 1.89 bits per heavy atom. The summed E-state index contributed by atoms with van der Waals surface area (Å²) in [6, 6.07) is 10.9. The van der Waals surface area contributed by atoms with Crippen LogP contribution in [0.15, 0.2) is 42.6 Å². The zero-order valence-corrected chi connectivity index (χ0v) is 15.0. The average Bonchev–Trinajstić information content (AvgIpc) is 2.71. The number of benzene rings is 2. The zero-order chi connectivity index (χ0) is 19.2. The first kappa shape index (κ1) is 18.7. The minimum atomic E-state index is -1.01. The van der Waals surface area contributed by atoms with Gasteiger partial charge < -0.3 is 29.7 Å². The Balaban J connectivity index is 1.97. The fourth-order valence-corrected chi connectivity index (χ4v) is 2.48. The lowest BCUT2D eigenvalue weighted by Gasteiger charge is -2.18. The van der Waals surface area contributed by atoms with Crippen LogP contribution >= 0.6 is 0 Å². The van der Waals surface area contributed by atoms with E-state index in [0.29, 0.717) is 28.8 Å². The zero-order valence-electron chi connectivity index (χ0n) is 15.0. The van der Waals surface area contributed by atoms with Gasteiger partial charge in [-0.1, -0.05) is 12.1 Å². The van der Waals surface area contributed by atoms with Crippen molar-refractivity contribution in [2.75, 3.05) is 32.8 Å². The second kappa shape index (κ2) is 8.52. The van der Waals surface area contributed by atoms with E-state index in [1.165, 1.54) is 7.11 Å². The van der Waals surface area contributed by atoms with Crippen LogP contribution in [0.3, 0.4) is 0 Å². The van der Waals surface area contributed by atoms with Crippen LogP contribution in [-0.2, 0) is 0 Å². The Morgan fingerprint density at radius 1 is 1.11 bits per heavy atom. The highest BCUT2D eigenvalue weighted by molar-refractivity contribution is 5.77. The quantitative estimate of drug-likeness (QED) is 0.553. The molecular formula is C19H21N3O5. The standard InChI is InChI=1S/C19H21N3O5/c1-25-13-7-16(19(17(8-13)26-2)27-11-12(24)10-23)22-18-9-20-14-5-3-4-6-15(14)21-18/h3-9,12,23-24H,10-11H2,1-2H3,(H,21,22). The molecule has 0 saturated carbocycles. The van der Waals surface area contributed by atoms with E-state index in [9.17, 15) is 5.11 Å². The molecule has 0 aliphatic heterocycles. The molecule has 0 fully saturated rings. The number of nitrogens with zero attached hydrogens (tertiary/aromatic N) is 2. The molecule has 0 aliphatic rings. The van der Waals surface area contributed by atoms with Crippen molar-refractivity contribution >= 4 is 22.5 Å². The number of rotatable bonds is 8. The number of nitrogens with one attached hydrogen (secondary N) is 1. The second-order valence-electron chi connectivity index (χ2n) is 5.72. The van der Waals surface area contributed by atoms with Crippen molar-refractivity contribution < 1.29 is 24.4 Å². The minimum Gasteiger partial charge on any atom is -0.497 e. The molecule has 8 nitrogen and oxygen atoms in total. The predicted octanol–water partition coefficient (Wildman–Crippen LogP) is 2.12. The molecule has 2 aromatic carbocycles. The van der Waals surface area contributed by atoms with Gasteiger partial charge >= 0.3 is 0 Å². The van der Waals surface area contributed by atoms with E-state index < -0.39 is 12.7 Å². The molecule has 1 unspecified atom stereocenters. The van der Waals surface area contributed by atoms with Crippen molar-refractivity contribution in [2.45, 2.75) is 6.10 Å². The van der Waals surface area contributed by atoms with Crippen LogP contribution in [0, 0.1) is 0 Å². The van der Waals surface area contributed by atoms with Crippen LogP contribution < -0.4 is 19.5 Å². The molecule has 0 saturated heterocycles. The molecule has 8 heteroatoms. The maximum atomic E-state index is 9.60. The summed E-state index contributed by atoms with van der Waals surface area (Å²) >= 11 is 0. The average molecular weight is 371 g/mol. The van der Waals surface area contributed by atoms with Gasteiger partial charge in [-0.05, 0) is 12.1 Å². The summed E-state index contributed by atoms with van der Waals surface area (Å²) in [6.07, 6.45) is 0.603. The van der Waals surface area contributed by atoms with Gasteiger partial charge in [0, 0.05) is 12.1 Å². The summed E-state index contributed by atoms with van der Waals surface area (Å²) in [5.41, 5.74) is 2.06. The molecule has 1 heterocycles. The molecule has 0 aliphatic carbocycles. The normalized spacial score (nSPS) is 11.9. The first-order valence-corrected chi connectivity index (χ1v) is 8.31. The van der Waals surface area contributed by atoms with E-state index in [2.05, 4.69) is 15.3 Å². The van der Waals surface area contributed by atoms with Crippen molar-refractivity contribution in [3.63, 3.8) is 0 Å². The van der Waals surface area contributed by atoms with E-state index in [4.69, 9.17) is 19.3 Å². The van der Waals surface area contributed by atoms with Crippen LogP contribution in [-0.4, -0.2) is 53.7 Å². The van der Waals surface area contributed by atoms with Crippen LogP contribution in [0.2, 0.25) is 0 Å². The van der Waals surface area contributed by atoms with Gasteiger partial charge in [-0.25, -0.2) is 4.98 Å². The summed E-state index contributed by atoms with van der Waals surface area (Å²) in [4.78, 5) is 8.91. The molecule has 0 bridgehead atoms. The number of hydrogen-bond acceptors (Lipinski definition) is 8. The molecule has 27 heavy (non-hydrogen) atoms. The van der Waals surface area contributed by atoms with Crippen LogP contribution in [0.4, 0.5) is 11.5 Å². The third kappa shape index (κ3) is 4.36. The van der Waals surface area contributed by atoms with Gasteiger partial charge in [0.1, 0.15) is 24.3 Å². The molecule has 142 valence electrons. The smallest absolute Gasteiger partial charge is 0.185 e. The molecule has 0 spiro atoms. The van der Waals surface area contributed by atoms with E-state index in [1.54, 1.807) is 25.4 Å². The van der Waals surface area contributed by atoms with E-state index in [1.807, 2.05) is 24.3 Å². The first-order chi connectivity index (χ1) is 13.1. The Morgan fingerprint density at radius 3 is 2.59 bits per heavy atom. The van der Waals surface area contributed by atoms with Gasteiger partial charge in [0.05, 0.1) is 43.7 Å². The monoisotopic (exact) mass is 371 g/mol. The van der Waals surface area contributed by atoms with Crippen LogP contribution in [0.5, 0.6) is 17.2 Å². The summed E-state index contributed by atoms with van der Waals surface area (Å²) in [5, 5.41) is 21.8. The fraction of sp³-hybridized carbons (Fsp3) is 0.263. The lowest BCUT2D eigenvalue weighted by Crippen LogP contribution is -2.21. The Labute approximate surface area is 156 Å². The number of anilines is 2. The highest BCUT2D eigenvalue weighted by Gasteiger charge is 2.16. The molecular weight excluding hydrogens is 350 g/mol. The van der Waals surface area contributed by atoms with Crippen molar-refractivity contribution in [1.82, 2.24) is 9.97 Å². The molecule has 3 rings (SSSR count). The summed E-state index contributed by atoms with van der Waals surface area (Å²) in [7, 11) is 3.05. The summed E-state index contributed by atoms with van der Waals surface area (Å²) in [6.45, 7) is -0.505. The third-order valence-electron chi connectivity index (χ3n) is 3.83. The number of methoxy groups -OCH3 is 2. The predicted molar refractivity (Wildman–Crippen MR) is 101 cm³/mol. The molecule has 0 amide bonds. The van der Waals surface area contributed by atoms with Gasteiger partial charge in [0.15, 0.2) is 11.5 Å². The Hall–Kier alpha value is -3.10. The topological polar surface area (TPSA) is 106 Å². The SMILES string of the molecule is COc1cc(Nc2cnc3ccccc3n2)c(OCC(O)CO)c(OC)c1. The van der Waals surface area contributed by atoms with E-state index in [0.717, 1.165) is 11.0 Å². The number of aromatic nitrogens is 2. The number of ether oxygens (including phenoxy) is 3. The van der Waals surface area contributed by atoms with Gasteiger partial charge in [-0.3, -0.25) is 4.98 Å². The van der Waals surface area contributed by atoms with Gasteiger partial charge in [0.2, 0.25) is 0 Å². The molecule has 1 atom stereocenters. The first-order valence-electron chi connectivity index (χ1n) is 8.31. The highest BCUT2D eigenvalue weighted by Crippen LogP contribution is 2.40. The van der Waals surface area contributed by atoms with Gasteiger partial charge in [-0.2, -0.15) is 0 Å². The fourth-order valence-electron chi connectivity index (χ4n) is 2.48. The van der Waals surface area contributed by atoms with Crippen LogP contribution in [0.1, 0.15) is 0 Å². The highest BCUT2D eigenvalue weighted by atomic mass is 16.5. The Kier molecular flexibility index (Phi) is 5.90. The number of aliphatic hydroxyl groups excluding tert-OH is 2.